The number of esters is 1. The van der Waals surface area contributed by atoms with E-state index in [4.69, 9.17) is 14.2 Å². The highest BCUT2D eigenvalue weighted by Crippen LogP contribution is 2.37. The van der Waals surface area contributed by atoms with Crippen LogP contribution in [-0.2, 0) is 16.0 Å². The van der Waals surface area contributed by atoms with Gasteiger partial charge >= 0.3 is 5.97 Å². The zero-order valence-electron chi connectivity index (χ0n) is 14.5. The molecule has 2 heterocycles. The van der Waals surface area contributed by atoms with Crippen LogP contribution in [0, 0.1) is 6.92 Å². The van der Waals surface area contributed by atoms with Crippen LogP contribution < -0.4 is 14.8 Å². The summed E-state index contributed by atoms with van der Waals surface area (Å²) in [6.45, 7) is 2.12. The summed E-state index contributed by atoms with van der Waals surface area (Å²) >= 11 is 0. The van der Waals surface area contributed by atoms with Gasteiger partial charge in [0.1, 0.15) is 0 Å². The van der Waals surface area contributed by atoms with Gasteiger partial charge in [0.25, 0.3) is 0 Å². The lowest BCUT2D eigenvalue weighted by atomic mass is 10.0. The average Bonchev–Trinajstić information content (AvgIpc) is 3.12. The Hall–Kier alpha value is -3.28. The molecule has 0 unspecified atom stereocenters. The van der Waals surface area contributed by atoms with E-state index in [0.717, 1.165) is 39.3 Å². The van der Waals surface area contributed by atoms with Gasteiger partial charge in [-0.3, -0.25) is 9.78 Å². The van der Waals surface area contributed by atoms with E-state index in [1.165, 1.54) is 7.11 Å². The number of aryl methyl sites for hydroxylation is 1. The third kappa shape index (κ3) is 2.90. The molecule has 132 valence electrons. The topological polar surface area (TPSA) is 69.7 Å². The highest BCUT2D eigenvalue weighted by molar-refractivity contribution is 5.96. The van der Waals surface area contributed by atoms with Crippen LogP contribution in [0.15, 0.2) is 42.5 Å². The third-order valence-electron chi connectivity index (χ3n) is 4.39. The molecule has 0 spiro atoms. The van der Waals surface area contributed by atoms with E-state index in [9.17, 15) is 4.79 Å². The minimum atomic E-state index is -0.307. The lowest BCUT2D eigenvalue weighted by Crippen LogP contribution is -2.10. The Bertz CT molecular complexity index is 1000. The molecular weight excluding hydrogens is 332 g/mol. The first-order valence-electron chi connectivity index (χ1n) is 8.27. The van der Waals surface area contributed by atoms with Crippen molar-refractivity contribution in [3.8, 4) is 11.5 Å². The number of rotatable bonds is 4. The number of aromatic nitrogens is 1. The van der Waals surface area contributed by atoms with Crippen molar-refractivity contribution in [3.63, 3.8) is 0 Å². The fraction of sp³-hybridized carbons (Fsp3) is 0.200. The Morgan fingerprint density at radius 3 is 2.85 bits per heavy atom. The minimum Gasteiger partial charge on any atom is -0.469 e. The number of para-hydroxylation sites is 1. The van der Waals surface area contributed by atoms with Crippen molar-refractivity contribution >= 4 is 28.2 Å². The van der Waals surface area contributed by atoms with E-state index in [1.807, 2.05) is 49.4 Å². The number of methoxy groups -OCH3 is 1. The molecule has 1 N–H and O–H groups in total. The maximum Gasteiger partial charge on any atom is 0.310 e. The van der Waals surface area contributed by atoms with E-state index in [2.05, 4.69) is 10.3 Å². The van der Waals surface area contributed by atoms with Crippen LogP contribution >= 0.6 is 0 Å². The zero-order chi connectivity index (χ0) is 18.1. The van der Waals surface area contributed by atoms with Crippen molar-refractivity contribution in [3.05, 3.63) is 53.7 Å². The van der Waals surface area contributed by atoms with Crippen LogP contribution in [-0.4, -0.2) is 24.9 Å². The van der Waals surface area contributed by atoms with Crippen LogP contribution in [0.3, 0.4) is 0 Å². The number of carbonyl (C=O) groups excluding carboxylic acids is 1. The lowest BCUT2D eigenvalue weighted by molar-refractivity contribution is -0.139. The summed E-state index contributed by atoms with van der Waals surface area (Å²) in [6.07, 6.45) is 0.146. The number of pyridine rings is 1. The zero-order valence-corrected chi connectivity index (χ0v) is 14.5. The fourth-order valence-corrected chi connectivity index (χ4v) is 3.07. The normalized spacial score (nSPS) is 12.2. The van der Waals surface area contributed by atoms with Gasteiger partial charge in [0.15, 0.2) is 11.5 Å². The smallest absolute Gasteiger partial charge is 0.310 e. The number of anilines is 2. The number of ether oxygens (including phenoxy) is 3. The number of hydrogen-bond acceptors (Lipinski definition) is 6. The molecule has 0 aliphatic carbocycles. The van der Waals surface area contributed by atoms with E-state index in [1.54, 1.807) is 0 Å². The van der Waals surface area contributed by atoms with Crippen molar-refractivity contribution in [2.75, 3.05) is 19.2 Å². The van der Waals surface area contributed by atoms with E-state index < -0.39 is 0 Å². The monoisotopic (exact) mass is 350 g/mol. The Balaban J connectivity index is 1.83. The van der Waals surface area contributed by atoms with Crippen molar-refractivity contribution in [1.29, 1.82) is 0 Å². The Kier molecular flexibility index (Phi) is 4.08. The molecule has 3 aromatic rings. The molecule has 1 aromatic heterocycles. The van der Waals surface area contributed by atoms with E-state index in [0.29, 0.717) is 5.75 Å². The molecule has 1 aliphatic rings. The maximum atomic E-state index is 11.9. The molecule has 0 saturated carbocycles. The molecule has 0 atom stereocenters. The van der Waals surface area contributed by atoms with Crippen molar-refractivity contribution in [2.24, 2.45) is 0 Å². The summed E-state index contributed by atoms with van der Waals surface area (Å²) < 4.78 is 15.7. The number of benzene rings is 2. The second-order valence-corrected chi connectivity index (χ2v) is 6.01. The Morgan fingerprint density at radius 2 is 2.00 bits per heavy atom. The van der Waals surface area contributed by atoms with Gasteiger partial charge in [0, 0.05) is 28.4 Å². The molecule has 0 fully saturated rings. The largest absolute Gasteiger partial charge is 0.469 e. The molecule has 1 aliphatic heterocycles. The standard InChI is InChI=1S/C20H18N2O4/c1-12-15(10-19(23)24-2)20(14-5-3-4-6-16(14)21-12)22-13-7-8-17-18(9-13)26-11-25-17/h3-9H,10-11H2,1-2H3,(H,21,22). The maximum absolute atomic E-state index is 11.9. The minimum absolute atomic E-state index is 0.146. The van der Waals surface area contributed by atoms with Gasteiger partial charge in [0.2, 0.25) is 6.79 Å². The first-order valence-corrected chi connectivity index (χ1v) is 8.27. The van der Waals surface area contributed by atoms with Gasteiger partial charge in [0.05, 0.1) is 24.7 Å². The Morgan fingerprint density at radius 1 is 1.19 bits per heavy atom. The highest BCUT2D eigenvalue weighted by Gasteiger charge is 2.18. The Labute approximate surface area is 150 Å². The first kappa shape index (κ1) is 16.2. The van der Waals surface area contributed by atoms with Crippen LogP contribution in [0.2, 0.25) is 0 Å². The SMILES string of the molecule is COC(=O)Cc1c(C)nc2ccccc2c1Nc1ccc2c(c1)OCO2. The molecular formula is C20H18N2O4. The summed E-state index contributed by atoms with van der Waals surface area (Å²) in [6, 6.07) is 13.5. The van der Waals surface area contributed by atoms with Crippen molar-refractivity contribution in [2.45, 2.75) is 13.3 Å². The number of hydrogen-bond donors (Lipinski definition) is 1. The molecule has 26 heavy (non-hydrogen) atoms. The molecule has 0 radical (unpaired) electrons. The van der Waals surface area contributed by atoms with E-state index in [-0.39, 0.29) is 19.2 Å². The van der Waals surface area contributed by atoms with Gasteiger partial charge in [-0.2, -0.15) is 0 Å². The summed E-state index contributed by atoms with van der Waals surface area (Å²) in [4.78, 5) is 16.5. The number of carbonyl (C=O) groups is 1. The second kappa shape index (κ2) is 6.55. The second-order valence-electron chi connectivity index (χ2n) is 6.01. The predicted octanol–water partition coefficient (Wildman–Crippen LogP) is 3.73. The van der Waals surface area contributed by atoms with Gasteiger partial charge in [-0.05, 0) is 25.1 Å². The molecule has 0 saturated heterocycles. The van der Waals surface area contributed by atoms with Crippen LogP contribution in [0.4, 0.5) is 11.4 Å². The molecule has 4 rings (SSSR count). The predicted molar refractivity (Wildman–Crippen MR) is 98.0 cm³/mol. The van der Waals surface area contributed by atoms with Crippen LogP contribution in [0.1, 0.15) is 11.3 Å². The molecule has 2 aromatic carbocycles. The number of fused-ring (bicyclic) bond motifs is 2. The molecule has 6 nitrogen and oxygen atoms in total. The summed E-state index contributed by atoms with van der Waals surface area (Å²) in [5.74, 6) is 1.11. The number of nitrogens with one attached hydrogen (secondary N) is 1. The number of nitrogens with zero attached hydrogens (tertiary/aromatic N) is 1. The third-order valence-corrected chi connectivity index (χ3v) is 4.39. The average molecular weight is 350 g/mol. The molecule has 0 amide bonds. The summed E-state index contributed by atoms with van der Waals surface area (Å²) in [5, 5.41) is 4.37. The quantitative estimate of drug-likeness (QED) is 0.723. The lowest BCUT2D eigenvalue weighted by Gasteiger charge is -2.17. The van der Waals surface area contributed by atoms with E-state index >= 15 is 0 Å². The molecule has 6 heteroatoms. The first-order chi connectivity index (χ1) is 12.7. The van der Waals surface area contributed by atoms with Gasteiger partial charge in [-0.1, -0.05) is 18.2 Å². The summed E-state index contributed by atoms with van der Waals surface area (Å²) in [5.41, 5.74) is 4.15. The fourth-order valence-electron chi connectivity index (χ4n) is 3.07. The summed E-state index contributed by atoms with van der Waals surface area (Å²) in [7, 11) is 1.39. The van der Waals surface area contributed by atoms with Gasteiger partial charge < -0.3 is 19.5 Å². The van der Waals surface area contributed by atoms with Gasteiger partial charge in [-0.15, -0.1) is 0 Å². The molecule has 0 bridgehead atoms. The highest BCUT2D eigenvalue weighted by atomic mass is 16.7. The van der Waals surface area contributed by atoms with Crippen molar-refractivity contribution in [1.82, 2.24) is 4.98 Å². The van der Waals surface area contributed by atoms with Crippen LogP contribution in [0.5, 0.6) is 11.5 Å². The van der Waals surface area contributed by atoms with Crippen LogP contribution in [0.25, 0.3) is 10.9 Å². The van der Waals surface area contributed by atoms with Crippen molar-refractivity contribution < 1.29 is 19.0 Å². The van der Waals surface area contributed by atoms with Gasteiger partial charge in [-0.25, -0.2) is 0 Å².